The highest BCUT2D eigenvalue weighted by atomic mass is 28.1. The molecule has 17 heavy (non-hydrogen) atoms. The van der Waals surface area contributed by atoms with Gasteiger partial charge in [-0.05, 0) is 33.9 Å². The molecule has 0 saturated heterocycles. The summed E-state index contributed by atoms with van der Waals surface area (Å²) in [7, 11) is 4.03. The van der Waals surface area contributed by atoms with Gasteiger partial charge in [-0.2, -0.15) is 0 Å². The third kappa shape index (κ3) is 1.29. The Balaban J connectivity index is 2.19. The highest BCUT2D eigenvalue weighted by molar-refractivity contribution is 6.13. The third-order valence-corrected chi connectivity index (χ3v) is 6.24. The van der Waals surface area contributed by atoms with Crippen molar-refractivity contribution in [3.05, 3.63) is 47.5 Å². The van der Waals surface area contributed by atoms with Gasteiger partial charge in [-0.3, -0.25) is 0 Å². The van der Waals surface area contributed by atoms with Gasteiger partial charge in [0.1, 0.15) is 0 Å². The lowest BCUT2D eigenvalue weighted by molar-refractivity contribution is 0.138. The van der Waals surface area contributed by atoms with Gasteiger partial charge in [-0.1, -0.05) is 57.2 Å². The van der Waals surface area contributed by atoms with Crippen LogP contribution in [0.1, 0.15) is 43.4 Å². The van der Waals surface area contributed by atoms with Gasteiger partial charge in [0.05, 0.1) is 0 Å². The number of fused-ring (bicyclic) bond motifs is 3. The largest absolute Gasteiger partial charge is 0.0848 e. The Bertz CT molecular complexity index is 476. The van der Waals surface area contributed by atoms with Crippen LogP contribution in [0, 0.1) is 17.3 Å². The Morgan fingerprint density at radius 2 is 1.71 bits per heavy atom. The number of hydrogen-bond acceptors (Lipinski definition) is 0. The van der Waals surface area contributed by atoms with E-state index >= 15 is 0 Å². The van der Waals surface area contributed by atoms with Crippen molar-refractivity contribution >= 4 is 10.2 Å². The minimum Gasteiger partial charge on any atom is -0.0848 e. The standard InChI is InChI=1S/C16H19Si/c1-10-8-9-14-12-6-4-5-7-13(12)15(17)16(14,3)11(10)2/h4-11,14-15H,1-3H3. The van der Waals surface area contributed by atoms with E-state index in [0.29, 0.717) is 28.7 Å². The van der Waals surface area contributed by atoms with E-state index in [1.165, 1.54) is 11.1 Å². The molecule has 0 heterocycles. The van der Waals surface area contributed by atoms with Crippen molar-refractivity contribution in [3.63, 3.8) is 0 Å². The molecular weight excluding hydrogens is 220 g/mol. The fourth-order valence-electron chi connectivity index (χ4n) is 3.78. The van der Waals surface area contributed by atoms with Crippen LogP contribution >= 0.6 is 0 Å². The third-order valence-electron chi connectivity index (χ3n) is 5.31. The number of benzene rings is 1. The fraction of sp³-hybridized carbons (Fsp3) is 0.500. The highest BCUT2D eigenvalue weighted by Gasteiger charge is 2.52. The predicted molar refractivity (Wildman–Crippen MR) is 73.3 cm³/mol. The minimum atomic E-state index is 0.314. The van der Waals surface area contributed by atoms with Gasteiger partial charge in [0, 0.05) is 16.2 Å². The van der Waals surface area contributed by atoms with Crippen LogP contribution in [0.2, 0.25) is 0 Å². The number of allylic oxidation sites excluding steroid dienone is 2. The maximum atomic E-state index is 4.03. The second-order valence-corrected chi connectivity index (χ2v) is 6.52. The molecule has 0 aromatic heterocycles. The summed E-state index contributed by atoms with van der Waals surface area (Å²) in [5.41, 5.74) is 3.80. The molecule has 0 bridgehead atoms. The summed E-state index contributed by atoms with van der Waals surface area (Å²) >= 11 is 0. The molecule has 3 rings (SSSR count). The van der Waals surface area contributed by atoms with E-state index in [4.69, 9.17) is 0 Å². The van der Waals surface area contributed by atoms with Crippen molar-refractivity contribution in [2.24, 2.45) is 17.3 Å². The zero-order chi connectivity index (χ0) is 12.2. The van der Waals surface area contributed by atoms with E-state index in [9.17, 15) is 0 Å². The van der Waals surface area contributed by atoms with Crippen LogP contribution in [0.4, 0.5) is 0 Å². The monoisotopic (exact) mass is 239 g/mol. The van der Waals surface area contributed by atoms with Crippen molar-refractivity contribution in [1.29, 1.82) is 0 Å². The van der Waals surface area contributed by atoms with Gasteiger partial charge in [-0.25, -0.2) is 0 Å². The Morgan fingerprint density at radius 3 is 2.41 bits per heavy atom. The van der Waals surface area contributed by atoms with E-state index in [-0.39, 0.29) is 0 Å². The summed E-state index contributed by atoms with van der Waals surface area (Å²) in [6.45, 7) is 7.19. The summed E-state index contributed by atoms with van der Waals surface area (Å²) < 4.78 is 0. The molecule has 87 valence electrons. The van der Waals surface area contributed by atoms with Crippen LogP contribution in [0.5, 0.6) is 0 Å². The van der Waals surface area contributed by atoms with Gasteiger partial charge in [0.15, 0.2) is 0 Å². The van der Waals surface area contributed by atoms with Crippen molar-refractivity contribution < 1.29 is 0 Å². The van der Waals surface area contributed by atoms with Crippen LogP contribution in [0.15, 0.2) is 36.4 Å². The first-order valence-corrected chi connectivity index (χ1v) is 7.12. The molecule has 1 aromatic carbocycles. The Morgan fingerprint density at radius 1 is 1.06 bits per heavy atom. The maximum absolute atomic E-state index is 4.03. The van der Waals surface area contributed by atoms with E-state index in [0.717, 1.165) is 0 Å². The lowest BCUT2D eigenvalue weighted by Crippen LogP contribution is -2.38. The first-order chi connectivity index (χ1) is 8.06. The molecule has 0 aliphatic heterocycles. The maximum Gasteiger partial charge on any atom is 0.0339 e. The first-order valence-electron chi connectivity index (χ1n) is 6.55. The van der Waals surface area contributed by atoms with Crippen molar-refractivity contribution in [2.45, 2.75) is 32.2 Å². The Kier molecular flexibility index (Phi) is 2.38. The summed E-state index contributed by atoms with van der Waals surface area (Å²) in [6.07, 6.45) is 4.84. The van der Waals surface area contributed by atoms with E-state index < -0.39 is 0 Å². The van der Waals surface area contributed by atoms with Crippen LogP contribution in [0.3, 0.4) is 0 Å². The average molecular weight is 239 g/mol. The summed E-state index contributed by atoms with van der Waals surface area (Å²) in [6, 6.07) is 8.90. The zero-order valence-electron chi connectivity index (χ0n) is 10.8. The lowest BCUT2D eigenvalue weighted by Gasteiger charge is -2.45. The first kappa shape index (κ1) is 11.3. The molecule has 0 fully saturated rings. The molecule has 5 unspecified atom stereocenters. The lowest BCUT2D eigenvalue weighted by atomic mass is 9.61. The smallest absolute Gasteiger partial charge is 0.0339 e. The molecule has 2 aliphatic carbocycles. The summed E-state index contributed by atoms with van der Waals surface area (Å²) in [5.74, 6) is 1.95. The fourth-order valence-corrected chi connectivity index (χ4v) is 4.49. The predicted octanol–water partition coefficient (Wildman–Crippen LogP) is 3.84. The normalized spacial score (nSPS) is 43.3. The van der Waals surface area contributed by atoms with E-state index in [1.54, 1.807) is 0 Å². The van der Waals surface area contributed by atoms with Crippen LogP contribution < -0.4 is 0 Å². The molecule has 0 amide bonds. The number of hydrogen-bond donors (Lipinski definition) is 0. The van der Waals surface area contributed by atoms with Gasteiger partial charge in [0.2, 0.25) is 0 Å². The molecule has 0 saturated carbocycles. The van der Waals surface area contributed by atoms with Crippen LogP contribution in [0.25, 0.3) is 0 Å². The van der Waals surface area contributed by atoms with E-state index in [1.807, 2.05) is 0 Å². The van der Waals surface area contributed by atoms with Gasteiger partial charge in [0.25, 0.3) is 0 Å². The molecule has 2 aliphatic rings. The van der Waals surface area contributed by atoms with Crippen LogP contribution in [-0.4, -0.2) is 10.2 Å². The van der Waals surface area contributed by atoms with Crippen molar-refractivity contribution in [1.82, 2.24) is 0 Å². The van der Waals surface area contributed by atoms with E-state index in [2.05, 4.69) is 67.4 Å². The molecule has 0 nitrogen and oxygen atoms in total. The summed E-state index contributed by atoms with van der Waals surface area (Å²) in [4.78, 5) is 0. The molecule has 0 spiro atoms. The van der Waals surface area contributed by atoms with Crippen LogP contribution in [-0.2, 0) is 0 Å². The molecule has 1 heteroatoms. The molecule has 5 atom stereocenters. The molecular formula is C16H19Si. The quantitative estimate of drug-likeness (QED) is 0.476. The highest BCUT2D eigenvalue weighted by Crippen LogP contribution is 2.61. The zero-order valence-corrected chi connectivity index (χ0v) is 11.8. The number of rotatable bonds is 0. The van der Waals surface area contributed by atoms with Gasteiger partial charge >= 0.3 is 0 Å². The van der Waals surface area contributed by atoms with Gasteiger partial charge in [-0.15, -0.1) is 0 Å². The van der Waals surface area contributed by atoms with Crippen molar-refractivity contribution in [3.8, 4) is 0 Å². The SMILES string of the molecule is CC1C=CC2c3ccccc3C([Si])C2(C)C1C. The van der Waals surface area contributed by atoms with Crippen molar-refractivity contribution in [2.75, 3.05) is 0 Å². The minimum absolute atomic E-state index is 0.314. The molecule has 1 aromatic rings. The topological polar surface area (TPSA) is 0 Å². The molecule has 0 N–H and O–H groups in total. The Labute approximate surface area is 108 Å². The molecule has 3 radical (unpaired) electrons. The second kappa shape index (κ2) is 3.58. The average Bonchev–Trinajstić information content (AvgIpc) is 2.57. The Hall–Kier alpha value is -0.823. The van der Waals surface area contributed by atoms with Gasteiger partial charge < -0.3 is 0 Å². The summed E-state index contributed by atoms with van der Waals surface area (Å²) in [5, 5.41) is 0. The second-order valence-electron chi connectivity index (χ2n) is 5.94.